The molecule has 0 saturated heterocycles. The first-order valence-electron chi connectivity index (χ1n) is 12.3. The van der Waals surface area contributed by atoms with Crippen molar-refractivity contribution < 1.29 is 38.4 Å². The lowest BCUT2D eigenvalue weighted by Crippen LogP contribution is -2.36. The van der Waals surface area contributed by atoms with Gasteiger partial charge in [-0.3, -0.25) is 4.79 Å². The van der Waals surface area contributed by atoms with Gasteiger partial charge < -0.3 is 34.1 Å². The molecule has 0 unspecified atom stereocenters. The SMILES string of the molecule is COCCOC(=O)C1=C(C)NC2=C(C(=O)C[C@H](c3ccc(OC)c(OC)c3)C2)[C@@H]1c1ccc(O)c(OC)c1. The van der Waals surface area contributed by atoms with Gasteiger partial charge in [0.15, 0.2) is 28.8 Å². The third-order valence-electron chi connectivity index (χ3n) is 6.98. The molecule has 0 radical (unpaired) electrons. The summed E-state index contributed by atoms with van der Waals surface area (Å²) in [5, 5.41) is 13.5. The van der Waals surface area contributed by atoms with E-state index in [2.05, 4.69) is 5.32 Å². The molecule has 2 aromatic carbocycles. The predicted molar refractivity (Wildman–Crippen MR) is 140 cm³/mol. The minimum absolute atomic E-state index is 0.0344. The second-order valence-corrected chi connectivity index (χ2v) is 9.19. The van der Waals surface area contributed by atoms with Crippen LogP contribution in [-0.2, 0) is 19.1 Å². The maximum atomic E-state index is 13.8. The van der Waals surface area contributed by atoms with Crippen LogP contribution in [0.15, 0.2) is 58.9 Å². The molecule has 4 rings (SSSR count). The van der Waals surface area contributed by atoms with Gasteiger partial charge in [-0.25, -0.2) is 4.79 Å². The monoisotopic (exact) mass is 523 g/mol. The van der Waals surface area contributed by atoms with Crippen LogP contribution in [0.3, 0.4) is 0 Å². The summed E-state index contributed by atoms with van der Waals surface area (Å²) in [6.07, 6.45) is 0.818. The van der Waals surface area contributed by atoms with E-state index in [0.717, 1.165) is 11.3 Å². The van der Waals surface area contributed by atoms with E-state index in [1.54, 1.807) is 33.3 Å². The van der Waals surface area contributed by atoms with Crippen LogP contribution in [0.1, 0.15) is 42.7 Å². The van der Waals surface area contributed by atoms with Gasteiger partial charge in [-0.05, 0) is 54.7 Å². The zero-order chi connectivity index (χ0) is 27.4. The first kappa shape index (κ1) is 27.1. The smallest absolute Gasteiger partial charge is 0.336 e. The number of hydrogen-bond acceptors (Lipinski definition) is 9. The minimum atomic E-state index is -0.686. The van der Waals surface area contributed by atoms with Crippen molar-refractivity contribution >= 4 is 11.8 Å². The van der Waals surface area contributed by atoms with E-state index in [1.165, 1.54) is 20.3 Å². The van der Waals surface area contributed by atoms with E-state index in [-0.39, 0.29) is 42.8 Å². The molecule has 1 heterocycles. The molecule has 9 nitrogen and oxygen atoms in total. The molecule has 2 aromatic rings. The zero-order valence-corrected chi connectivity index (χ0v) is 22.3. The Labute approximate surface area is 222 Å². The van der Waals surface area contributed by atoms with Gasteiger partial charge in [0.25, 0.3) is 0 Å². The summed E-state index contributed by atoms with van der Waals surface area (Å²) < 4.78 is 26.6. The van der Waals surface area contributed by atoms with Crippen LogP contribution in [0.25, 0.3) is 0 Å². The van der Waals surface area contributed by atoms with E-state index < -0.39 is 11.9 Å². The van der Waals surface area contributed by atoms with Crippen molar-refractivity contribution in [2.45, 2.75) is 31.6 Å². The zero-order valence-electron chi connectivity index (χ0n) is 22.3. The van der Waals surface area contributed by atoms with Gasteiger partial charge in [-0.1, -0.05) is 12.1 Å². The van der Waals surface area contributed by atoms with Crippen molar-refractivity contribution in [3.8, 4) is 23.0 Å². The summed E-state index contributed by atoms with van der Waals surface area (Å²) in [6.45, 7) is 2.13. The summed E-state index contributed by atoms with van der Waals surface area (Å²) in [5.74, 6) is 0.0371. The number of ketones is 1. The van der Waals surface area contributed by atoms with Crippen LogP contribution in [0.4, 0.5) is 0 Å². The lowest BCUT2D eigenvalue weighted by atomic mass is 9.71. The van der Waals surface area contributed by atoms with Crippen LogP contribution < -0.4 is 19.5 Å². The Morgan fingerprint density at radius 3 is 2.29 bits per heavy atom. The number of esters is 1. The third-order valence-corrected chi connectivity index (χ3v) is 6.98. The highest BCUT2D eigenvalue weighted by Gasteiger charge is 2.41. The number of hydrogen-bond donors (Lipinski definition) is 2. The van der Waals surface area contributed by atoms with Gasteiger partial charge in [-0.2, -0.15) is 0 Å². The molecule has 9 heteroatoms. The number of nitrogens with one attached hydrogen (secondary N) is 1. The molecule has 0 fully saturated rings. The molecule has 2 atom stereocenters. The fourth-order valence-electron chi connectivity index (χ4n) is 5.15. The van der Waals surface area contributed by atoms with E-state index >= 15 is 0 Å². The van der Waals surface area contributed by atoms with Crippen molar-refractivity contribution in [3.63, 3.8) is 0 Å². The van der Waals surface area contributed by atoms with Crippen LogP contribution in [0.2, 0.25) is 0 Å². The molecule has 2 aliphatic rings. The van der Waals surface area contributed by atoms with Crippen molar-refractivity contribution in [1.29, 1.82) is 0 Å². The van der Waals surface area contributed by atoms with Crippen molar-refractivity contribution in [2.24, 2.45) is 0 Å². The fourth-order valence-corrected chi connectivity index (χ4v) is 5.15. The first-order chi connectivity index (χ1) is 18.3. The van der Waals surface area contributed by atoms with Crippen molar-refractivity contribution in [2.75, 3.05) is 41.7 Å². The van der Waals surface area contributed by atoms with E-state index in [1.807, 2.05) is 18.2 Å². The normalized spacial score (nSPS) is 19.0. The number of methoxy groups -OCH3 is 4. The average molecular weight is 524 g/mol. The number of Topliss-reactive ketones (excluding diaryl/α,β-unsaturated/α-hetero) is 1. The van der Waals surface area contributed by atoms with Gasteiger partial charge in [0.1, 0.15) is 6.61 Å². The second kappa shape index (κ2) is 11.6. The summed E-state index contributed by atoms with van der Waals surface area (Å²) in [6, 6.07) is 10.5. The molecular weight excluding hydrogens is 490 g/mol. The molecule has 0 saturated carbocycles. The highest BCUT2D eigenvalue weighted by Crippen LogP contribution is 2.47. The highest BCUT2D eigenvalue weighted by molar-refractivity contribution is 6.04. The van der Waals surface area contributed by atoms with Crippen LogP contribution in [-0.4, -0.2) is 58.5 Å². The van der Waals surface area contributed by atoms with Gasteiger partial charge in [0.2, 0.25) is 0 Å². The molecular formula is C29H33NO8. The molecule has 202 valence electrons. The molecule has 1 aliphatic heterocycles. The van der Waals surface area contributed by atoms with Crippen molar-refractivity contribution in [1.82, 2.24) is 5.32 Å². The number of rotatable bonds is 9. The Balaban J connectivity index is 1.77. The topological polar surface area (TPSA) is 113 Å². The summed E-state index contributed by atoms with van der Waals surface area (Å²) >= 11 is 0. The second-order valence-electron chi connectivity index (χ2n) is 9.19. The summed E-state index contributed by atoms with van der Waals surface area (Å²) in [5.41, 5.74) is 3.81. The maximum absolute atomic E-state index is 13.8. The number of phenolic OH excluding ortho intramolecular Hbond substituents is 1. The lowest BCUT2D eigenvalue weighted by molar-refractivity contribution is -0.140. The number of aromatic hydroxyl groups is 1. The molecule has 0 aromatic heterocycles. The summed E-state index contributed by atoms with van der Waals surface area (Å²) in [7, 11) is 6.14. The van der Waals surface area contributed by atoms with Gasteiger partial charge in [0.05, 0.1) is 33.5 Å². The average Bonchev–Trinajstić information content (AvgIpc) is 2.92. The van der Waals surface area contributed by atoms with Gasteiger partial charge in [0, 0.05) is 36.4 Å². The largest absolute Gasteiger partial charge is 0.504 e. The number of carbonyl (C=O) groups excluding carboxylic acids is 2. The number of allylic oxidation sites excluding steroid dienone is 3. The molecule has 0 amide bonds. The van der Waals surface area contributed by atoms with E-state index in [0.29, 0.717) is 40.3 Å². The molecule has 1 aliphatic carbocycles. The minimum Gasteiger partial charge on any atom is -0.504 e. The number of phenols is 1. The molecule has 0 bridgehead atoms. The Kier molecular flexibility index (Phi) is 8.26. The Morgan fingerprint density at radius 2 is 1.61 bits per heavy atom. The summed E-state index contributed by atoms with van der Waals surface area (Å²) in [4.78, 5) is 27.1. The lowest BCUT2D eigenvalue weighted by Gasteiger charge is -2.37. The first-order valence-corrected chi connectivity index (χ1v) is 12.3. The van der Waals surface area contributed by atoms with E-state index in [4.69, 9.17) is 23.7 Å². The van der Waals surface area contributed by atoms with Crippen LogP contribution in [0.5, 0.6) is 23.0 Å². The number of ether oxygens (including phenoxy) is 5. The number of carbonyl (C=O) groups is 2. The van der Waals surface area contributed by atoms with Crippen LogP contribution in [0, 0.1) is 0 Å². The Hall–Kier alpha value is -3.98. The standard InChI is InChI=1S/C29H33NO8/c1-16-26(29(33)38-11-10-34-2)27(18-6-8-21(31)24(15-18)36-4)28-20(30-16)12-19(13-22(28)32)17-7-9-23(35-3)25(14-17)37-5/h6-9,14-15,19,27,30-31H,10-13H2,1-5H3/t19-,27-/m1/s1. The number of dihydropyridines is 1. The Morgan fingerprint density at radius 1 is 0.921 bits per heavy atom. The third kappa shape index (κ3) is 5.19. The van der Waals surface area contributed by atoms with E-state index in [9.17, 15) is 14.7 Å². The molecule has 2 N–H and O–H groups in total. The molecule has 0 spiro atoms. The highest BCUT2D eigenvalue weighted by atomic mass is 16.6. The quantitative estimate of drug-likeness (QED) is 0.372. The molecule has 38 heavy (non-hydrogen) atoms. The van der Waals surface area contributed by atoms with Crippen molar-refractivity contribution in [3.05, 3.63) is 70.1 Å². The van der Waals surface area contributed by atoms with Gasteiger partial charge >= 0.3 is 5.97 Å². The van der Waals surface area contributed by atoms with Crippen LogP contribution >= 0.6 is 0 Å². The fraction of sp³-hybridized carbons (Fsp3) is 0.379. The number of benzene rings is 2. The maximum Gasteiger partial charge on any atom is 0.336 e. The predicted octanol–water partition coefficient (Wildman–Crippen LogP) is 3.97. The Bertz CT molecular complexity index is 1300. The van der Waals surface area contributed by atoms with Gasteiger partial charge in [-0.15, -0.1) is 0 Å².